The molecule has 4 heteroatoms. The van der Waals surface area contributed by atoms with Crippen LogP contribution in [0.4, 0.5) is 10.5 Å². The molecule has 0 aliphatic carbocycles. The first-order valence-corrected chi connectivity index (χ1v) is 7.59. The van der Waals surface area contributed by atoms with Crippen molar-refractivity contribution in [2.75, 3.05) is 24.5 Å². The Morgan fingerprint density at radius 2 is 1.76 bits per heavy atom. The highest BCUT2D eigenvalue weighted by atomic mass is 16.2. The molecule has 1 aliphatic rings. The van der Waals surface area contributed by atoms with Crippen LogP contribution in [0.3, 0.4) is 0 Å². The summed E-state index contributed by atoms with van der Waals surface area (Å²) in [5.41, 5.74) is 0.828. The molecule has 0 unspecified atom stereocenters. The zero-order valence-electron chi connectivity index (χ0n) is 13.8. The minimum Gasteiger partial charge on any atom is -0.367 e. The average Bonchev–Trinajstić information content (AvgIpc) is 2.36. The van der Waals surface area contributed by atoms with Crippen molar-refractivity contribution in [2.45, 2.75) is 45.7 Å². The number of carbonyl (C=O) groups is 1. The summed E-state index contributed by atoms with van der Waals surface area (Å²) in [4.78, 5) is 16.8. The average molecular weight is 289 g/mol. The molecule has 0 bridgehead atoms. The van der Waals surface area contributed by atoms with Crippen molar-refractivity contribution in [3.63, 3.8) is 0 Å². The van der Waals surface area contributed by atoms with E-state index in [2.05, 4.69) is 48.3 Å². The Labute approximate surface area is 128 Å². The molecule has 116 valence electrons. The van der Waals surface area contributed by atoms with Gasteiger partial charge in [0.2, 0.25) is 0 Å². The minimum atomic E-state index is -0.205. The molecule has 1 fully saturated rings. The molecule has 0 radical (unpaired) electrons. The van der Waals surface area contributed by atoms with E-state index in [1.54, 1.807) is 0 Å². The fraction of sp³-hybridized carbons (Fsp3) is 0.588. The van der Waals surface area contributed by atoms with E-state index in [-0.39, 0.29) is 17.1 Å². The predicted molar refractivity (Wildman–Crippen MR) is 87.7 cm³/mol. The van der Waals surface area contributed by atoms with Crippen molar-refractivity contribution < 1.29 is 4.79 Å². The van der Waals surface area contributed by atoms with Crippen LogP contribution in [0, 0.1) is 0 Å². The Kier molecular flexibility index (Phi) is 4.17. The van der Waals surface area contributed by atoms with Crippen LogP contribution in [0.5, 0.6) is 0 Å². The van der Waals surface area contributed by atoms with E-state index in [4.69, 9.17) is 0 Å². The molecule has 0 spiro atoms. The second-order valence-electron chi connectivity index (χ2n) is 7.40. The third-order valence-corrected chi connectivity index (χ3v) is 3.75. The maximum atomic E-state index is 12.5. The summed E-state index contributed by atoms with van der Waals surface area (Å²) in [6, 6.07) is 10.4. The Morgan fingerprint density at radius 1 is 1.14 bits per heavy atom. The van der Waals surface area contributed by atoms with E-state index in [0.717, 1.165) is 19.6 Å². The highest BCUT2D eigenvalue weighted by Gasteiger charge is 2.37. The zero-order valence-corrected chi connectivity index (χ0v) is 13.8. The highest BCUT2D eigenvalue weighted by molar-refractivity contribution is 5.76. The zero-order chi connectivity index (χ0) is 15.7. The molecule has 1 N–H and O–H groups in total. The number of nitrogens with one attached hydrogen (secondary N) is 1. The first-order valence-electron chi connectivity index (χ1n) is 7.59. The van der Waals surface area contributed by atoms with E-state index < -0.39 is 0 Å². The van der Waals surface area contributed by atoms with Crippen LogP contribution in [-0.2, 0) is 0 Å². The predicted octanol–water partition coefficient (Wildman–Crippen LogP) is 3.10. The number of carbonyl (C=O) groups excluding carboxylic acids is 1. The summed E-state index contributed by atoms with van der Waals surface area (Å²) in [6.45, 7) is 12.7. The Balaban J connectivity index is 2.08. The summed E-state index contributed by atoms with van der Waals surface area (Å²) in [5, 5.41) is 3.07. The van der Waals surface area contributed by atoms with Crippen molar-refractivity contribution >= 4 is 11.7 Å². The smallest absolute Gasteiger partial charge is 0.318 e. The lowest BCUT2D eigenvalue weighted by molar-refractivity contribution is 0.118. The molecule has 21 heavy (non-hydrogen) atoms. The molecule has 1 aromatic carbocycles. The molecule has 0 atom stereocenters. The first-order chi connectivity index (χ1) is 9.69. The molecule has 0 saturated carbocycles. The largest absolute Gasteiger partial charge is 0.367 e. The monoisotopic (exact) mass is 289 g/mol. The number of benzene rings is 1. The number of urea groups is 1. The van der Waals surface area contributed by atoms with Gasteiger partial charge in [0.15, 0.2) is 0 Å². The molecule has 2 amide bonds. The number of hydrogen-bond acceptors (Lipinski definition) is 2. The molecular weight excluding hydrogens is 262 g/mol. The summed E-state index contributed by atoms with van der Waals surface area (Å²) >= 11 is 0. The third-order valence-electron chi connectivity index (χ3n) is 3.75. The van der Waals surface area contributed by atoms with Gasteiger partial charge in [-0.05, 0) is 46.8 Å². The minimum absolute atomic E-state index is 0.0280. The van der Waals surface area contributed by atoms with Crippen molar-refractivity contribution in [1.82, 2.24) is 10.2 Å². The van der Waals surface area contributed by atoms with E-state index >= 15 is 0 Å². The number of hydrogen-bond donors (Lipinski definition) is 1. The first kappa shape index (κ1) is 15.7. The number of anilines is 1. The summed E-state index contributed by atoms with van der Waals surface area (Å²) in [6.07, 6.45) is 0. The van der Waals surface area contributed by atoms with Gasteiger partial charge in [-0.1, -0.05) is 18.2 Å². The van der Waals surface area contributed by atoms with Crippen LogP contribution in [0.1, 0.15) is 34.6 Å². The van der Waals surface area contributed by atoms with Crippen LogP contribution < -0.4 is 10.2 Å². The van der Waals surface area contributed by atoms with Crippen LogP contribution in [-0.4, -0.2) is 41.6 Å². The molecule has 2 rings (SSSR count). The fourth-order valence-corrected chi connectivity index (χ4v) is 2.78. The van der Waals surface area contributed by atoms with E-state index in [1.165, 1.54) is 5.69 Å². The van der Waals surface area contributed by atoms with Crippen LogP contribution >= 0.6 is 0 Å². The summed E-state index contributed by atoms with van der Waals surface area (Å²) in [7, 11) is 0. The normalized spacial score (nSPS) is 18.5. The van der Waals surface area contributed by atoms with Gasteiger partial charge in [-0.3, -0.25) is 0 Å². The number of rotatable bonds is 1. The lowest BCUT2D eigenvalue weighted by Gasteiger charge is -2.48. The van der Waals surface area contributed by atoms with Gasteiger partial charge in [0.1, 0.15) is 0 Å². The van der Waals surface area contributed by atoms with Gasteiger partial charge in [-0.25, -0.2) is 4.79 Å². The second kappa shape index (κ2) is 5.58. The standard InChI is InChI=1S/C17H27N3O/c1-16(2,3)18-15(21)20-12-11-19(13-17(20,4)5)14-9-7-6-8-10-14/h6-10H,11-13H2,1-5H3,(H,18,21). The van der Waals surface area contributed by atoms with Crippen LogP contribution in [0.15, 0.2) is 30.3 Å². The summed E-state index contributed by atoms with van der Waals surface area (Å²) < 4.78 is 0. The summed E-state index contributed by atoms with van der Waals surface area (Å²) in [5.74, 6) is 0. The third kappa shape index (κ3) is 3.90. The maximum absolute atomic E-state index is 12.5. The van der Waals surface area contributed by atoms with Gasteiger partial charge in [0, 0.05) is 30.9 Å². The molecule has 1 saturated heterocycles. The van der Waals surface area contributed by atoms with Gasteiger partial charge >= 0.3 is 6.03 Å². The van der Waals surface area contributed by atoms with Gasteiger partial charge in [0.25, 0.3) is 0 Å². The van der Waals surface area contributed by atoms with Crippen LogP contribution in [0.2, 0.25) is 0 Å². The van der Waals surface area contributed by atoms with Crippen molar-refractivity contribution in [3.05, 3.63) is 30.3 Å². The molecular formula is C17H27N3O. The fourth-order valence-electron chi connectivity index (χ4n) is 2.78. The molecule has 1 aliphatic heterocycles. The van der Waals surface area contributed by atoms with E-state index in [0.29, 0.717) is 0 Å². The number of nitrogens with zero attached hydrogens (tertiary/aromatic N) is 2. The molecule has 1 aromatic rings. The van der Waals surface area contributed by atoms with Gasteiger partial charge in [-0.15, -0.1) is 0 Å². The highest BCUT2D eigenvalue weighted by Crippen LogP contribution is 2.25. The van der Waals surface area contributed by atoms with Gasteiger partial charge in [0.05, 0.1) is 5.54 Å². The Morgan fingerprint density at radius 3 is 2.29 bits per heavy atom. The SMILES string of the molecule is CC(C)(C)NC(=O)N1CCN(c2ccccc2)CC1(C)C. The molecule has 4 nitrogen and oxygen atoms in total. The topological polar surface area (TPSA) is 35.6 Å². The van der Waals surface area contributed by atoms with Crippen LogP contribution in [0.25, 0.3) is 0 Å². The van der Waals surface area contributed by atoms with Crippen molar-refractivity contribution in [1.29, 1.82) is 0 Å². The van der Waals surface area contributed by atoms with E-state index in [1.807, 2.05) is 31.7 Å². The number of amides is 2. The maximum Gasteiger partial charge on any atom is 0.318 e. The Bertz CT molecular complexity index is 491. The molecule has 1 heterocycles. The van der Waals surface area contributed by atoms with Gasteiger partial charge in [-0.2, -0.15) is 0 Å². The van der Waals surface area contributed by atoms with E-state index in [9.17, 15) is 4.79 Å². The number of piperazine rings is 1. The Hall–Kier alpha value is -1.71. The van der Waals surface area contributed by atoms with Gasteiger partial charge < -0.3 is 15.1 Å². The lowest BCUT2D eigenvalue weighted by atomic mass is 9.98. The van der Waals surface area contributed by atoms with Crippen molar-refractivity contribution in [3.8, 4) is 0 Å². The second-order valence-corrected chi connectivity index (χ2v) is 7.40. The molecule has 0 aromatic heterocycles. The lowest BCUT2D eigenvalue weighted by Crippen LogP contribution is -2.64. The quantitative estimate of drug-likeness (QED) is 0.862. The van der Waals surface area contributed by atoms with Crippen molar-refractivity contribution in [2.24, 2.45) is 0 Å². The number of para-hydroxylation sites is 1.